The molecular formula is C23H21N3OS2. The fourth-order valence-electron chi connectivity index (χ4n) is 3.46. The highest BCUT2D eigenvalue weighted by atomic mass is 32.1. The minimum absolute atomic E-state index is 0.104. The van der Waals surface area contributed by atoms with Gasteiger partial charge >= 0.3 is 0 Å². The molecule has 0 unspecified atom stereocenters. The van der Waals surface area contributed by atoms with Gasteiger partial charge in [-0.25, -0.2) is 9.97 Å². The topological polar surface area (TPSA) is 54.9 Å². The molecule has 146 valence electrons. The van der Waals surface area contributed by atoms with Gasteiger partial charge in [-0.2, -0.15) is 0 Å². The lowest BCUT2D eigenvalue weighted by Crippen LogP contribution is -2.14. The van der Waals surface area contributed by atoms with Gasteiger partial charge in [0.1, 0.15) is 5.01 Å². The first-order valence-electron chi connectivity index (χ1n) is 9.33. The Morgan fingerprint density at radius 2 is 1.69 bits per heavy atom. The predicted octanol–water partition coefficient (Wildman–Crippen LogP) is 6.04. The minimum atomic E-state index is -0.104. The van der Waals surface area contributed by atoms with Gasteiger partial charge < -0.3 is 5.32 Å². The van der Waals surface area contributed by atoms with Crippen molar-refractivity contribution in [2.24, 2.45) is 0 Å². The molecule has 0 aliphatic rings. The second-order valence-corrected chi connectivity index (χ2v) is 8.76. The number of benzene rings is 2. The van der Waals surface area contributed by atoms with Crippen LogP contribution < -0.4 is 5.32 Å². The van der Waals surface area contributed by atoms with Gasteiger partial charge in [-0.3, -0.25) is 4.79 Å². The summed E-state index contributed by atoms with van der Waals surface area (Å²) in [5, 5.41) is 8.39. The summed E-state index contributed by atoms with van der Waals surface area (Å²) in [6.45, 7) is 6.29. The molecule has 2 heterocycles. The number of rotatable bonds is 5. The molecule has 1 amide bonds. The minimum Gasteiger partial charge on any atom is -0.302 e. The Hall–Kier alpha value is -2.83. The average molecular weight is 420 g/mol. The summed E-state index contributed by atoms with van der Waals surface area (Å²) >= 11 is 3.00. The zero-order valence-electron chi connectivity index (χ0n) is 16.5. The average Bonchev–Trinajstić information content (AvgIpc) is 3.31. The van der Waals surface area contributed by atoms with Gasteiger partial charge in [0.2, 0.25) is 5.91 Å². The molecule has 4 nitrogen and oxygen atoms in total. The summed E-state index contributed by atoms with van der Waals surface area (Å²) in [6.07, 6.45) is 0.237. The van der Waals surface area contributed by atoms with Crippen molar-refractivity contribution in [3.8, 4) is 21.8 Å². The molecule has 0 saturated heterocycles. The van der Waals surface area contributed by atoms with Gasteiger partial charge in [0, 0.05) is 21.9 Å². The standard InChI is InChI=1S/C23H21N3OS2/c1-14-9-15(2)21(16(3)10-14)19-13-29-23(25-19)26-20(27)11-18-12-28-22(24-18)17-7-5-4-6-8-17/h4-10,12-13H,11H2,1-3H3,(H,25,26,27). The van der Waals surface area contributed by atoms with Crippen LogP contribution in [0.25, 0.3) is 21.8 Å². The van der Waals surface area contributed by atoms with Crippen molar-refractivity contribution in [2.75, 3.05) is 5.32 Å². The van der Waals surface area contributed by atoms with E-state index < -0.39 is 0 Å². The molecular weight excluding hydrogens is 398 g/mol. The van der Waals surface area contributed by atoms with Crippen LogP contribution >= 0.6 is 22.7 Å². The monoisotopic (exact) mass is 419 g/mol. The van der Waals surface area contributed by atoms with Crippen molar-refractivity contribution >= 4 is 33.7 Å². The molecule has 4 aromatic rings. The highest BCUT2D eigenvalue weighted by Gasteiger charge is 2.14. The van der Waals surface area contributed by atoms with Crippen molar-refractivity contribution < 1.29 is 4.79 Å². The Kier molecular flexibility index (Phi) is 5.56. The summed E-state index contributed by atoms with van der Waals surface area (Å²) in [6, 6.07) is 14.3. The van der Waals surface area contributed by atoms with E-state index in [0.717, 1.165) is 27.5 Å². The molecule has 0 bridgehead atoms. The second kappa shape index (κ2) is 8.27. The number of carbonyl (C=O) groups excluding carboxylic acids is 1. The highest BCUT2D eigenvalue weighted by molar-refractivity contribution is 7.14. The second-order valence-electron chi connectivity index (χ2n) is 7.05. The normalized spacial score (nSPS) is 10.9. The van der Waals surface area contributed by atoms with Crippen molar-refractivity contribution in [3.05, 3.63) is 75.6 Å². The number of nitrogens with one attached hydrogen (secondary N) is 1. The SMILES string of the molecule is Cc1cc(C)c(-c2csc(NC(=O)Cc3csc(-c4ccccc4)n3)n2)c(C)c1. The fraction of sp³-hybridized carbons (Fsp3) is 0.174. The number of aromatic nitrogens is 2. The number of hydrogen-bond acceptors (Lipinski definition) is 5. The number of aryl methyl sites for hydroxylation is 3. The molecule has 0 spiro atoms. The number of anilines is 1. The molecule has 0 fully saturated rings. The van der Waals surface area contributed by atoms with Crippen molar-refractivity contribution in [1.82, 2.24) is 9.97 Å². The zero-order valence-corrected chi connectivity index (χ0v) is 18.2. The molecule has 2 aromatic heterocycles. The Balaban J connectivity index is 1.45. The van der Waals surface area contributed by atoms with Gasteiger partial charge in [-0.15, -0.1) is 22.7 Å². The van der Waals surface area contributed by atoms with E-state index in [2.05, 4.69) is 48.2 Å². The van der Waals surface area contributed by atoms with Crippen molar-refractivity contribution in [1.29, 1.82) is 0 Å². The molecule has 0 aliphatic carbocycles. The van der Waals surface area contributed by atoms with Crippen LogP contribution in [0, 0.1) is 20.8 Å². The molecule has 0 aliphatic heterocycles. The molecule has 0 radical (unpaired) electrons. The van der Waals surface area contributed by atoms with Crippen molar-refractivity contribution in [3.63, 3.8) is 0 Å². The predicted molar refractivity (Wildman–Crippen MR) is 122 cm³/mol. The summed E-state index contributed by atoms with van der Waals surface area (Å²) in [5.74, 6) is -0.104. The molecule has 0 atom stereocenters. The van der Waals surface area contributed by atoms with Gasteiger partial charge in [-0.1, -0.05) is 48.0 Å². The highest BCUT2D eigenvalue weighted by Crippen LogP contribution is 2.31. The van der Waals surface area contributed by atoms with E-state index in [9.17, 15) is 4.79 Å². The maximum absolute atomic E-state index is 12.5. The van der Waals surface area contributed by atoms with Gasteiger partial charge in [0.25, 0.3) is 0 Å². The molecule has 29 heavy (non-hydrogen) atoms. The van der Waals surface area contributed by atoms with Gasteiger partial charge in [0.15, 0.2) is 5.13 Å². The molecule has 1 N–H and O–H groups in total. The van der Waals surface area contributed by atoms with E-state index in [1.54, 1.807) is 11.3 Å². The first kappa shape index (κ1) is 19.5. The third-order valence-corrected chi connectivity index (χ3v) is 6.30. The first-order valence-corrected chi connectivity index (χ1v) is 11.1. The molecule has 2 aromatic carbocycles. The third-order valence-electron chi connectivity index (χ3n) is 4.60. The Morgan fingerprint density at radius 1 is 0.966 bits per heavy atom. The largest absolute Gasteiger partial charge is 0.302 e. The Morgan fingerprint density at radius 3 is 2.41 bits per heavy atom. The molecule has 6 heteroatoms. The number of hydrogen-bond donors (Lipinski definition) is 1. The number of thiazole rings is 2. The van der Waals surface area contributed by atoms with Crippen LogP contribution in [0.1, 0.15) is 22.4 Å². The van der Waals surface area contributed by atoms with Crippen LogP contribution in [0.5, 0.6) is 0 Å². The van der Waals surface area contributed by atoms with Crippen LogP contribution in [-0.4, -0.2) is 15.9 Å². The fourth-order valence-corrected chi connectivity index (χ4v) is 5.00. The Labute approximate surface area is 178 Å². The Bertz CT molecular complexity index is 1140. The van der Waals surface area contributed by atoms with Crippen LogP contribution in [0.2, 0.25) is 0 Å². The van der Waals surface area contributed by atoms with E-state index in [0.29, 0.717) is 5.13 Å². The van der Waals surface area contributed by atoms with Gasteiger partial charge in [0.05, 0.1) is 17.8 Å². The van der Waals surface area contributed by atoms with E-state index in [1.165, 1.54) is 28.0 Å². The van der Waals surface area contributed by atoms with Crippen LogP contribution in [0.15, 0.2) is 53.2 Å². The lowest BCUT2D eigenvalue weighted by molar-refractivity contribution is -0.115. The van der Waals surface area contributed by atoms with Crippen LogP contribution in [0.4, 0.5) is 5.13 Å². The maximum Gasteiger partial charge on any atom is 0.232 e. The van der Waals surface area contributed by atoms with E-state index in [1.807, 2.05) is 41.1 Å². The first-order chi connectivity index (χ1) is 14.0. The van der Waals surface area contributed by atoms with Crippen LogP contribution in [-0.2, 0) is 11.2 Å². The van der Waals surface area contributed by atoms with Crippen LogP contribution in [0.3, 0.4) is 0 Å². The smallest absolute Gasteiger partial charge is 0.232 e. The summed E-state index contributed by atoms with van der Waals surface area (Å²) in [4.78, 5) is 21.7. The maximum atomic E-state index is 12.5. The summed E-state index contributed by atoms with van der Waals surface area (Å²) < 4.78 is 0. The lowest BCUT2D eigenvalue weighted by atomic mass is 9.98. The van der Waals surface area contributed by atoms with E-state index >= 15 is 0 Å². The third kappa shape index (κ3) is 4.44. The summed E-state index contributed by atoms with van der Waals surface area (Å²) in [7, 11) is 0. The van der Waals surface area contributed by atoms with Crippen molar-refractivity contribution in [2.45, 2.75) is 27.2 Å². The quantitative estimate of drug-likeness (QED) is 0.429. The zero-order chi connectivity index (χ0) is 20.4. The number of amides is 1. The molecule has 0 saturated carbocycles. The number of carbonyl (C=O) groups is 1. The van der Waals surface area contributed by atoms with E-state index in [4.69, 9.17) is 0 Å². The summed E-state index contributed by atoms with van der Waals surface area (Å²) in [5.41, 5.74) is 7.51. The number of nitrogens with zero attached hydrogens (tertiary/aromatic N) is 2. The molecule has 4 rings (SSSR count). The van der Waals surface area contributed by atoms with Gasteiger partial charge in [-0.05, 0) is 31.9 Å². The van der Waals surface area contributed by atoms with E-state index in [-0.39, 0.29) is 12.3 Å². The lowest BCUT2D eigenvalue weighted by Gasteiger charge is -2.08.